The van der Waals surface area contributed by atoms with Crippen LogP contribution in [0.3, 0.4) is 0 Å². The molecule has 130 valence electrons. The predicted molar refractivity (Wildman–Crippen MR) is 105 cm³/mol. The van der Waals surface area contributed by atoms with Crippen molar-refractivity contribution < 1.29 is 5.11 Å². The molecule has 1 saturated heterocycles. The van der Waals surface area contributed by atoms with Crippen molar-refractivity contribution in [3.63, 3.8) is 0 Å². The van der Waals surface area contributed by atoms with Crippen LogP contribution in [-0.2, 0) is 0 Å². The molecular weight excluding hydrogens is 332 g/mol. The summed E-state index contributed by atoms with van der Waals surface area (Å²) in [6.07, 6.45) is 2.86. The van der Waals surface area contributed by atoms with Crippen LogP contribution in [0, 0.1) is 0 Å². The fourth-order valence-corrected chi connectivity index (χ4v) is 3.57. The number of hydrogen-bond donors (Lipinski definition) is 2. The lowest BCUT2D eigenvalue weighted by atomic mass is 9.92. The lowest BCUT2D eigenvalue weighted by Gasteiger charge is -2.29. The van der Waals surface area contributed by atoms with Gasteiger partial charge in [0.05, 0.1) is 17.3 Å². The molecule has 1 aliphatic heterocycles. The lowest BCUT2D eigenvalue weighted by molar-refractivity contribution is 0.115. The summed E-state index contributed by atoms with van der Waals surface area (Å²) in [5.41, 5.74) is 3.90. The van der Waals surface area contributed by atoms with Gasteiger partial charge in [-0.15, -0.1) is 12.4 Å². The lowest BCUT2D eigenvalue weighted by Crippen LogP contribution is -2.38. The molecule has 4 rings (SSSR count). The molecule has 1 aromatic heterocycles. The third-order valence-electron chi connectivity index (χ3n) is 4.87. The van der Waals surface area contributed by atoms with Gasteiger partial charge in [0.1, 0.15) is 0 Å². The van der Waals surface area contributed by atoms with Gasteiger partial charge in [-0.2, -0.15) is 0 Å². The molecule has 25 heavy (non-hydrogen) atoms. The van der Waals surface area contributed by atoms with Crippen molar-refractivity contribution in [1.29, 1.82) is 0 Å². The van der Waals surface area contributed by atoms with Crippen molar-refractivity contribution in [2.75, 3.05) is 6.54 Å². The van der Waals surface area contributed by atoms with Gasteiger partial charge in [-0.1, -0.05) is 55.0 Å². The van der Waals surface area contributed by atoms with Crippen molar-refractivity contribution in [2.45, 2.75) is 31.4 Å². The highest BCUT2D eigenvalue weighted by Crippen LogP contribution is 2.31. The van der Waals surface area contributed by atoms with Crippen molar-refractivity contribution in [3.05, 3.63) is 66.2 Å². The number of hydrogen-bond acceptors (Lipinski definition) is 3. The second-order valence-electron chi connectivity index (χ2n) is 6.48. The van der Waals surface area contributed by atoms with Crippen molar-refractivity contribution in [3.8, 4) is 11.3 Å². The monoisotopic (exact) mass is 354 g/mol. The Labute approximate surface area is 154 Å². The fourth-order valence-electron chi connectivity index (χ4n) is 3.57. The number of aliphatic hydroxyl groups is 1. The highest BCUT2D eigenvalue weighted by Gasteiger charge is 2.25. The van der Waals surface area contributed by atoms with Crippen molar-refractivity contribution in [1.82, 2.24) is 10.3 Å². The second-order valence-corrected chi connectivity index (χ2v) is 6.48. The quantitative estimate of drug-likeness (QED) is 0.728. The Morgan fingerprint density at radius 1 is 1.00 bits per heavy atom. The Kier molecular flexibility index (Phi) is 5.69. The molecular formula is C21H23ClN2O. The van der Waals surface area contributed by atoms with Gasteiger partial charge in [-0.05, 0) is 37.1 Å². The fraction of sp³-hybridized carbons (Fsp3) is 0.286. The highest BCUT2D eigenvalue weighted by atomic mass is 35.5. The minimum absolute atomic E-state index is 0. The Hall–Kier alpha value is -1.94. The molecule has 0 radical (unpaired) electrons. The number of benzene rings is 2. The van der Waals surface area contributed by atoms with E-state index in [1.807, 2.05) is 36.4 Å². The zero-order chi connectivity index (χ0) is 16.4. The number of nitrogens with one attached hydrogen (secondary N) is 1. The van der Waals surface area contributed by atoms with Crippen molar-refractivity contribution in [2.24, 2.45) is 0 Å². The molecule has 2 atom stereocenters. The first-order valence-corrected chi connectivity index (χ1v) is 8.69. The Morgan fingerprint density at radius 2 is 1.76 bits per heavy atom. The zero-order valence-electron chi connectivity index (χ0n) is 14.1. The number of piperidine rings is 1. The second kappa shape index (κ2) is 7.96. The van der Waals surface area contributed by atoms with Gasteiger partial charge >= 0.3 is 0 Å². The number of para-hydroxylation sites is 1. The largest absolute Gasteiger partial charge is 0.387 e. The maximum absolute atomic E-state index is 11.0. The molecule has 4 heteroatoms. The van der Waals surface area contributed by atoms with Crippen LogP contribution >= 0.6 is 12.4 Å². The number of rotatable bonds is 3. The van der Waals surface area contributed by atoms with Crippen LogP contribution in [0.5, 0.6) is 0 Å². The zero-order valence-corrected chi connectivity index (χ0v) is 14.9. The molecule has 0 amide bonds. The maximum atomic E-state index is 11.0. The third kappa shape index (κ3) is 3.69. The molecule has 2 aromatic carbocycles. The van der Waals surface area contributed by atoms with E-state index in [9.17, 15) is 5.11 Å². The van der Waals surface area contributed by atoms with E-state index in [1.54, 1.807) is 0 Å². The van der Waals surface area contributed by atoms with Gasteiger partial charge in [0.15, 0.2) is 0 Å². The summed E-state index contributed by atoms with van der Waals surface area (Å²) in [5, 5.41) is 15.5. The maximum Gasteiger partial charge on any atom is 0.0950 e. The van der Waals surface area contributed by atoms with E-state index >= 15 is 0 Å². The summed E-state index contributed by atoms with van der Waals surface area (Å²) in [5.74, 6) is 0. The molecule has 0 saturated carbocycles. The van der Waals surface area contributed by atoms with Crippen LogP contribution in [0.2, 0.25) is 0 Å². The van der Waals surface area contributed by atoms with E-state index in [4.69, 9.17) is 4.98 Å². The van der Waals surface area contributed by atoms with Gasteiger partial charge in [0, 0.05) is 17.0 Å². The third-order valence-corrected chi connectivity index (χ3v) is 4.87. The summed E-state index contributed by atoms with van der Waals surface area (Å²) in [6, 6.07) is 20.4. The molecule has 1 fully saturated rings. The van der Waals surface area contributed by atoms with Crippen LogP contribution in [0.1, 0.15) is 30.9 Å². The van der Waals surface area contributed by atoms with E-state index < -0.39 is 6.10 Å². The molecule has 3 aromatic rings. The molecule has 0 aliphatic carbocycles. The van der Waals surface area contributed by atoms with E-state index in [2.05, 4.69) is 29.6 Å². The molecule has 1 aliphatic rings. The smallest absolute Gasteiger partial charge is 0.0950 e. The number of pyridine rings is 1. The average molecular weight is 355 g/mol. The van der Waals surface area contributed by atoms with Crippen LogP contribution in [-0.4, -0.2) is 22.7 Å². The Bertz CT molecular complexity index is 832. The summed E-state index contributed by atoms with van der Waals surface area (Å²) < 4.78 is 0. The molecule has 2 heterocycles. The van der Waals surface area contributed by atoms with Gasteiger partial charge in [-0.25, -0.2) is 4.98 Å². The number of aromatic nitrogens is 1. The van der Waals surface area contributed by atoms with Crippen LogP contribution in [0.25, 0.3) is 22.2 Å². The average Bonchev–Trinajstić information content (AvgIpc) is 2.68. The van der Waals surface area contributed by atoms with Crippen LogP contribution < -0.4 is 5.32 Å². The molecule has 0 bridgehead atoms. The van der Waals surface area contributed by atoms with Crippen LogP contribution in [0.15, 0.2) is 60.7 Å². The van der Waals surface area contributed by atoms with E-state index in [-0.39, 0.29) is 18.4 Å². The van der Waals surface area contributed by atoms with Crippen molar-refractivity contribution >= 4 is 23.3 Å². The topological polar surface area (TPSA) is 45.2 Å². The van der Waals surface area contributed by atoms with E-state index in [0.29, 0.717) is 0 Å². The summed E-state index contributed by atoms with van der Waals surface area (Å²) in [6.45, 7) is 0.982. The van der Waals surface area contributed by atoms with Crippen LogP contribution in [0.4, 0.5) is 0 Å². The summed E-state index contributed by atoms with van der Waals surface area (Å²) >= 11 is 0. The normalized spacial score (nSPS) is 18.5. The summed E-state index contributed by atoms with van der Waals surface area (Å²) in [7, 11) is 0. The molecule has 2 N–H and O–H groups in total. The molecule has 3 nitrogen and oxygen atoms in total. The first-order valence-electron chi connectivity index (χ1n) is 8.69. The molecule has 0 spiro atoms. The van der Waals surface area contributed by atoms with E-state index in [0.717, 1.165) is 40.7 Å². The number of fused-ring (bicyclic) bond motifs is 1. The number of aliphatic hydroxyl groups excluding tert-OH is 1. The Balaban J connectivity index is 0.00000182. The predicted octanol–water partition coefficient (Wildman–Crippen LogP) is 4.50. The number of halogens is 1. The highest BCUT2D eigenvalue weighted by molar-refractivity contribution is 5.86. The first kappa shape index (κ1) is 17.9. The van der Waals surface area contributed by atoms with E-state index in [1.165, 1.54) is 12.8 Å². The minimum atomic E-state index is -0.513. The van der Waals surface area contributed by atoms with Gasteiger partial charge in [-0.3, -0.25) is 0 Å². The SMILES string of the molecule is Cl.OC(c1cc(-c2ccccc2)nc2ccccc12)C1CCCCN1. The number of nitrogens with zero attached hydrogens (tertiary/aromatic N) is 1. The van der Waals surface area contributed by atoms with Gasteiger partial charge in [0.25, 0.3) is 0 Å². The Morgan fingerprint density at radius 3 is 2.52 bits per heavy atom. The summed E-state index contributed by atoms with van der Waals surface area (Å²) in [4.78, 5) is 4.80. The first-order chi connectivity index (χ1) is 11.8. The standard InChI is InChI=1S/C21H22N2O.ClH/c24-21(19-12-6-7-13-22-19)17-14-20(15-8-2-1-3-9-15)23-18-11-5-4-10-16(17)18;/h1-5,8-11,14,19,21-22,24H,6-7,12-13H2;1H. The van der Waals surface area contributed by atoms with Gasteiger partial charge < -0.3 is 10.4 Å². The minimum Gasteiger partial charge on any atom is -0.387 e. The molecule has 2 unspecified atom stereocenters. The van der Waals surface area contributed by atoms with Gasteiger partial charge in [0.2, 0.25) is 0 Å².